The van der Waals surface area contributed by atoms with Gasteiger partial charge < -0.3 is 10.2 Å². The number of aryl methyl sites for hydroxylation is 1. The number of benzene rings is 1. The fourth-order valence-electron chi connectivity index (χ4n) is 2.10. The van der Waals surface area contributed by atoms with Gasteiger partial charge in [0.1, 0.15) is 5.82 Å². The van der Waals surface area contributed by atoms with Crippen LogP contribution in [0.1, 0.15) is 18.4 Å². The molecule has 0 aliphatic carbocycles. The fraction of sp³-hybridized carbons (Fsp3) is 0.462. The van der Waals surface area contributed by atoms with E-state index in [4.69, 9.17) is 0 Å². The third-order valence-electron chi connectivity index (χ3n) is 3.10. The highest BCUT2D eigenvalue weighted by atomic mass is 19.1. The molecule has 17 heavy (non-hydrogen) atoms. The van der Waals surface area contributed by atoms with Crippen molar-refractivity contribution in [2.75, 3.05) is 25.0 Å². The van der Waals surface area contributed by atoms with E-state index in [1.54, 1.807) is 6.07 Å². The van der Waals surface area contributed by atoms with Crippen molar-refractivity contribution in [2.24, 2.45) is 0 Å². The second-order valence-corrected chi connectivity index (χ2v) is 4.37. The van der Waals surface area contributed by atoms with Crippen molar-refractivity contribution in [3.63, 3.8) is 0 Å². The van der Waals surface area contributed by atoms with E-state index in [0.29, 0.717) is 5.69 Å². The van der Waals surface area contributed by atoms with E-state index in [1.807, 2.05) is 17.9 Å². The molecule has 0 spiro atoms. The zero-order valence-corrected chi connectivity index (χ0v) is 10.0. The lowest BCUT2D eigenvalue weighted by Crippen LogP contribution is -2.33. The molecule has 4 heteroatoms. The van der Waals surface area contributed by atoms with Gasteiger partial charge in [-0.1, -0.05) is 12.1 Å². The highest BCUT2D eigenvalue weighted by molar-refractivity contribution is 5.81. The standard InChI is InChI=1S/C13H17FN2O/c1-10-5-4-6-11(14)13(10)15-9-12(17)16-7-2-3-8-16/h4-6,15H,2-3,7-9H2,1H3. The molecule has 1 aromatic rings. The smallest absolute Gasteiger partial charge is 0.241 e. The van der Waals surface area contributed by atoms with Crippen LogP contribution in [0.5, 0.6) is 0 Å². The molecule has 3 nitrogen and oxygen atoms in total. The summed E-state index contributed by atoms with van der Waals surface area (Å²) in [5.74, 6) is -0.260. The van der Waals surface area contributed by atoms with Crippen molar-refractivity contribution in [1.82, 2.24) is 4.90 Å². The lowest BCUT2D eigenvalue weighted by molar-refractivity contribution is -0.128. The molecule has 1 N–H and O–H groups in total. The predicted octanol–water partition coefficient (Wildman–Crippen LogP) is 2.17. The van der Waals surface area contributed by atoms with Crippen LogP contribution in [0.4, 0.5) is 10.1 Å². The Morgan fingerprint density at radius 3 is 2.76 bits per heavy atom. The maximum absolute atomic E-state index is 13.5. The van der Waals surface area contributed by atoms with Gasteiger partial charge in [-0.25, -0.2) is 4.39 Å². The van der Waals surface area contributed by atoms with Crippen molar-refractivity contribution >= 4 is 11.6 Å². The summed E-state index contributed by atoms with van der Waals surface area (Å²) < 4.78 is 13.5. The fourth-order valence-corrected chi connectivity index (χ4v) is 2.10. The second-order valence-electron chi connectivity index (χ2n) is 4.37. The van der Waals surface area contributed by atoms with Crippen LogP contribution in [0, 0.1) is 12.7 Å². The SMILES string of the molecule is Cc1cccc(F)c1NCC(=O)N1CCCC1. The molecule has 0 bridgehead atoms. The van der Waals surface area contributed by atoms with Crippen molar-refractivity contribution in [2.45, 2.75) is 19.8 Å². The molecule has 1 saturated heterocycles. The van der Waals surface area contributed by atoms with Gasteiger partial charge in [0.05, 0.1) is 12.2 Å². The van der Waals surface area contributed by atoms with Crippen LogP contribution < -0.4 is 5.32 Å². The van der Waals surface area contributed by atoms with Gasteiger partial charge >= 0.3 is 0 Å². The molecule has 1 aliphatic heterocycles. The number of nitrogens with zero attached hydrogens (tertiary/aromatic N) is 1. The van der Waals surface area contributed by atoms with Gasteiger partial charge in [0.15, 0.2) is 0 Å². The van der Waals surface area contributed by atoms with Crippen LogP contribution in [-0.2, 0) is 4.79 Å². The minimum Gasteiger partial charge on any atom is -0.374 e. The number of likely N-dealkylation sites (tertiary alicyclic amines) is 1. The Bertz CT molecular complexity index is 394. The average Bonchev–Trinajstić information content (AvgIpc) is 2.81. The minimum atomic E-state index is -0.306. The quantitative estimate of drug-likeness (QED) is 0.872. The lowest BCUT2D eigenvalue weighted by atomic mass is 10.2. The maximum Gasteiger partial charge on any atom is 0.241 e. The molecule has 1 amide bonds. The average molecular weight is 236 g/mol. The maximum atomic E-state index is 13.5. The van der Waals surface area contributed by atoms with Gasteiger partial charge in [0.2, 0.25) is 5.91 Å². The Morgan fingerprint density at radius 2 is 2.12 bits per heavy atom. The first-order chi connectivity index (χ1) is 8.18. The predicted molar refractivity (Wildman–Crippen MR) is 65.4 cm³/mol. The summed E-state index contributed by atoms with van der Waals surface area (Å²) in [5.41, 5.74) is 1.25. The molecule has 92 valence electrons. The third kappa shape index (κ3) is 2.75. The molecular weight excluding hydrogens is 219 g/mol. The second kappa shape index (κ2) is 5.17. The molecule has 1 heterocycles. The Balaban J connectivity index is 1.95. The molecule has 0 unspecified atom stereocenters. The summed E-state index contributed by atoms with van der Waals surface area (Å²) in [6.45, 7) is 3.65. The van der Waals surface area contributed by atoms with Gasteiger partial charge in [-0.3, -0.25) is 4.79 Å². The van der Waals surface area contributed by atoms with Crippen molar-refractivity contribution in [3.05, 3.63) is 29.6 Å². The van der Waals surface area contributed by atoms with Crippen LogP contribution in [0.25, 0.3) is 0 Å². The van der Waals surface area contributed by atoms with E-state index in [9.17, 15) is 9.18 Å². The number of rotatable bonds is 3. The molecule has 2 rings (SSSR count). The normalized spacial score (nSPS) is 15.1. The van der Waals surface area contributed by atoms with E-state index in [-0.39, 0.29) is 18.3 Å². The Kier molecular flexibility index (Phi) is 3.61. The van der Waals surface area contributed by atoms with Crippen LogP contribution in [0.15, 0.2) is 18.2 Å². The van der Waals surface area contributed by atoms with Crippen molar-refractivity contribution in [1.29, 1.82) is 0 Å². The Morgan fingerprint density at radius 1 is 1.41 bits per heavy atom. The van der Waals surface area contributed by atoms with Crippen molar-refractivity contribution in [3.8, 4) is 0 Å². The van der Waals surface area contributed by atoms with Gasteiger partial charge in [-0.05, 0) is 31.4 Å². The van der Waals surface area contributed by atoms with Gasteiger partial charge in [0, 0.05) is 13.1 Å². The zero-order chi connectivity index (χ0) is 12.3. The first kappa shape index (κ1) is 11.9. The monoisotopic (exact) mass is 236 g/mol. The van der Waals surface area contributed by atoms with Gasteiger partial charge in [-0.15, -0.1) is 0 Å². The molecule has 1 aliphatic rings. The Labute approximate surface area is 101 Å². The number of anilines is 1. The number of amides is 1. The van der Waals surface area contributed by atoms with E-state index in [2.05, 4.69) is 5.32 Å². The summed E-state index contributed by atoms with van der Waals surface area (Å²) in [6, 6.07) is 4.89. The first-order valence-electron chi connectivity index (χ1n) is 5.95. The van der Waals surface area contributed by atoms with Crippen LogP contribution in [0.2, 0.25) is 0 Å². The number of nitrogens with one attached hydrogen (secondary N) is 1. The molecule has 0 atom stereocenters. The highest BCUT2D eigenvalue weighted by Crippen LogP contribution is 2.18. The van der Waals surface area contributed by atoms with Crippen LogP contribution in [-0.4, -0.2) is 30.4 Å². The zero-order valence-electron chi connectivity index (χ0n) is 10.0. The largest absolute Gasteiger partial charge is 0.374 e. The van der Waals surface area contributed by atoms with Crippen LogP contribution in [0.3, 0.4) is 0 Å². The first-order valence-corrected chi connectivity index (χ1v) is 5.95. The number of carbonyl (C=O) groups is 1. The van der Waals surface area contributed by atoms with Gasteiger partial charge in [0.25, 0.3) is 0 Å². The summed E-state index contributed by atoms with van der Waals surface area (Å²) >= 11 is 0. The lowest BCUT2D eigenvalue weighted by Gasteiger charge is -2.17. The molecule has 0 aromatic heterocycles. The number of hydrogen-bond acceptors (Lipinski definition) is 2. The molecular formula is C13H17FN2O. The van der Waals surface area contributed by atoms with E-state index >= 15 is 0 Å². The van der Waals surface area contributed by atoms with Crippen LogP contribution >= 0.6 is 0 Å². The minimum absolute atomic E-state index is 0.0464. The summed E-state index contributed by atoms with van der Waals surface area (Å²) in [4.78, 5) is 13.6. The third-order valence-corrected chi connectivity index (χ3v) is 3.10. The number of para-hydroxylation sites is 1. The van der Waals surface area contributed by atoms with E-state index in [0.717, 1.165) is 31.5 Å². The summed E-state index contributed by atoms with van der Waals surface area (Å²) in [7, 11) is 0. The summed E-state index contributed by atoms with van der Waals surface area (Å²) in [5, 5.41) is 2.89. The van der Waals surface area contributed by atoms with E-state index in [1.165, 1.54) is 6.07 Å². The molecule has 1 fully saturated rings. The number of halogens is 1. The number of carbonyl (C=O) groups excluding carboxylic acids is 1. The molecule has 1 aromatic carbocycles. The topological polar surface area (TPSA) is 32.3 Å². The molecule has 0 saturated carbocycles. The summed E-state index contributed by atoms with van der Waals surface area (Å²) in [6.07, 6.45) is 2.15. The highest BCUT2D eigenvalue weighted by Gasteiger charge is 2.17. The van der Waals surface area contributed by atoms with Gasteiger partial charge in [-0.2, -0.15) is 0 Å². The Hall–Kier alpha value is -1.58. The number of hydrogen-bond donors (Lipinski definition) is 1. The van der Waals surface area contributed by atoms with E-state index < -0.39 is 0 Å². The molecule has 0 radical (unpaired) electrons. The van der Waals surface area contributed by atoms with Crippen molar-refractivity contribution < 1.29 is 9.18 Å².